The zero-order chi connectivity index (χ0) is 22.7. The number of aromatic nitrogens is 1. The van der Waals surface area contributed by atoms with Crippen molar-refractivity contribution in [1.29, 1.82) is 0 Å². The molecular formula is C27H26N2O2S. The molecule has 162 valence electrons. The van der Waals surface area contributed by atoms with Gasteiger partial charge in [0.2, 0.25) is 0 Å². The molecule has 0 aliphatic carbocycles. The zero-order valence-corrected chi connectivity index (χ0v) is 19.5. The van der Waals surface area contributed by atoms with Gasteiger partial charge in [0, 0.05) is 11.1 Å². The number of ether oxygens (including phenoxy) is 1. The van der Waals surface area contributed by atoms with Gasteiger partial charge in [0.15, 0.2) is 5.13 Å². The number of hydrogen-bond acceptors (Lipinski definition) is 4. The Hall–Kier alpha value is -3.44. The first kappa shape index (κ1) is 21.8. The Morgan fingerprint density at radius 1 is 0.875 bits per heavy atom. The second-order valence-electron chi connectivity index (χ2n) is 8.57. The van der Waals surface area contributed by atoms with Crippen molar-refractivity contribution in [2.75, 3.05) is 12.4 Å². The molecule has 32 heavy (non-hydrogen) atoms. The number of thiazole rings is 1. The van der Waals surface area contributed by atoms with Gasteiger partial charge in [-0.15, -0.1) is 0 Å². The number of nitrogens with zero attached hydrogens (tertiary/aromatic N) is 1. The summed E-state index contributed by atoms with van der Waals surface area (Å²) in [7, 11) is 1.65. The molecule has 0 bridgehead atoms. The van der Waals surface area contributed by atoms with E-state index in [0.29, 0.717) is 10.7 Å². The minimum atomic E-state index is -0.167. The quantitative estimate of drug-likeness (QED) is 0.361. The lowest BCUT2D eigenvalue weighted by Gasteiger charge is -2.18. The summed E-state index contributed by atoms with van der Waals surface area (Å²) in [6.07, 6.45) is 0. The summed E-state index contributed by atoms with van der Waals surface area (Å²) in [5.41, 5.74) is 4.71. The van der Waals surface area contributed by atoms with Crippen LogP contribution < -0.4 is 10.1 Å². The van der Waals surface area contributed by atoms with Crippen LogP contribution in [0.2, 0.25) is 0 Å². The van der Waals surface area contributed by atoms with Crippen LogP contribution in [0, 0.1) is 0 Å². The van der Waals surface area contributed by atoms with Gasteiger partial charge in [-0.05, 0) is 52.9 Å². The molecular weight excluding hydrogens is 416 g/mol. The number of benzene rings is 3. The van der Waals surface area contributed by atoms with Crippen LogP contribution in [0.25, 0.3) is 21.7 Å². The summed E-state index contributed by atoms with van der Waals surface area (Å²) in [4.78, 5) is 18.7. The third kappa shape index (κ3) is 4.73. The minimum Gasteiger partial charge on any atom is -0.497 e. The Bertz CT molecular complexity index is 1210. The standard InChI is InChI=1S/C27H26N2O2S/c1-27(2,3)21-14-10-20(11-15-21)25(30)29-26-28-23(18-12-16-22(31-4)17-13-18)24(32-26)19-8-6-5-7-9-19/h5-17H,1-4H3,(H,28,29,30). The first-order chi connectivity index (χ1) is 15.3. The van der Waals surface area contributed by atoms with Gasteiger partial charge in [0.1, 0.15) is 5.75 Å². The van der Waals surface area contributed by atoms with E-state index in [1.807, 2.05) is 66.7 Å². The number of methoxy groups -OCH3 is 1. The highest BCUT2D eigenvalue weighted by Gasteiger charge is 2.18. The topological polar surface area (TPSA) is 51.2 Å². The normalized spacial score (nSPS) is 11.2. The van der Waals surface area contributed by atoms with Gasteiger partial charge in [0.05, 0.1) is 17.7 Å². The van der Waals surface area contributed by atoms with Crippen LogP contribution in [0.4, 0.5) is 5.13 Å². The summed E-state index contributed by atoms with van der Waals surface area (Å²) < 4.78 is 5.28. The molecule has 0 unspecified atom stereocenters. The van der Waals surface area contributed by atoms with E-state index in [0.717, 1.165) is 27.4 Å². The SMILES string of the molecule is COc1ccc(-c2nc(NC(=O)c3ccc(C(C)(C)C)cc3)sc2-c2ccccc2)cc1. The Morgan fingerprint density at radius 3 is 2.12 bits per heavy atom. The molecule has 0 saturated carbocycles. The van der Waals surface area contributed by atoms with E-state index in [-0.39, 0.29) is 11.3 Å². The van der Waals surface area contributed by atoms with Gasteiger partial charge < -0.3 is 4.74 Å². The van der Waals surface area contributed by atoms with Gasteiger partial charge in [-0.25, -0.2) is 4.98 Å². The number of nitrogens with one attached hydrogen (secondary N) is 1. The molecule has 1 aromatic heterocycles. The molecule has 0 atom stereocenters. The van der Waals surface area contributed by atoms with Crippen LogP contribution in [-0.2, 0) is 5.41 Å². The van der Waals surface area contributed by atoms with E-state index in [1.165, 1.54) is 16.9 Å². The lowest BCUT2D eigenvalue weighted by Crippen LogP contribution is -2.14. The van der Waals surface area contributed by atoms with Crippen LogP contribution >= 0.6 is 11.3 Å². The van der Waals surface area contributed by atoms with E-state index in [4.69, 9.17) is 9.72 Å². The highest BCUT2D eigenvalue weighted by Crippen LogP contribution is 2.39. The fourth-order valence-electron chi connectivity index (χ4n) is 3.39. The van der Waals surface area contributed by atoms with Gasteiger partial charge in [-0.3, -0.25) is 10.1 Å². The maximum atomic E-state index is 12.9. The average molecular weight is 443 g/mol. The molecule has 5 heteroatoms. The molecule has 4 rings (SSSR count). The molecule has 0 saturated heterocycles. The van der Waals surface area contributed by atoms with Crippen LogP contribution in [0.3, 0.4) is 0 Å². The molecule has 0 aliphatic rings. The third-order valence-corrected chi connectivity index (χ3v) is 6.28. The van der Waals surface area contributed by atoms with Gasteiger partial charge in [-0.2, -0.15) is 0 Å². The van der Waals surface area contributed by atoms with Gasteiger partial charge >= 0.3 is 0 Å². The van der Waals surface area contributed by atoms with Crippen molar-refractivity contribution < 1.29 is 9.53 Å². The van der Waals surface area contributed by atoms with Crippen LogP contribution in [0.1, 0.15) is 36.7 Å². The second kappa shape index (κ2) is 8.97. The number of carbonyl (C=O) groups is 1. The minimum absolute atomic E-state index is 0.0438. The fraction of sp³-hybridized carbons (Fsp3) is 0.185. The first-order valence-electron chi connectivity index (χ1n) is 10.5. The molecule has 1 N–H and O–H groups in total. The monoisotopic (exact) mass is 442 g/mol. The van der Waals surface area contributed by atoms with Crippen LogP contribution in [0.15, 0.2) is 78.9 Å². The summed E-state index contributed by atoms with van der Waals surface area (Å²) >= 11 is 1.47. The highest BCUT2D eigenvalue weighted by atomic mass is 32.1. The number of hydrogen-bond donors (Lipinski definition) is 1. The maximum Gasteiger partial charge on any atom is 0.257 e. The van der Waals surface area contributed by atoms with Crippen molar-refractivity contribution in [2.24, 2.45) is 0 Å². The van der Waals surface area contributed by atoms with Crippen molar-refractivity contribution >= 4 is 22.4 Å². The Balaban J connectivity index is 1.65. The lowest BCUT2D eigenvalue weighted by molar-refractivity contribution is 0.102. The smallest absolute Gasteiger partial charge is 0.257 e. The third-order valence-electron chi connectivity index (χ3n) is 5.26. The number of anilines is 1. The largest absolute Gasteiger partial charge is 0.497 e. The summed E-state index contributed by atoms with van der Waals surface area (Å²) in [6.45, 7) is 6.47. The second-order valence-corrected chi connectivity index (χ2v) is 9.57. The van der Waals surface area contributed by atoms with E-state index in [1.54, 1.807) is 7.11 Å². The Morgan fingerprint density at radius 2 is 1.53 bits per heavy atom. The predicted molar refractivity (Wildman–Crippen MR) is 133 cm³/mol. The van der Waals surface area contributed by atoms with Crippen LogP contribution in [-0.4, -0.2) is 18.0 Å². The van der Waals surface area contributed by atoms with E-state index < -0.39 is 0 Å². The molecule has 4 nitrogen and oxygen atoms in total. The molecule has 0 fully saturated rings. The van der Waals surface area contributed by atoms with Gasteiger partial charge in [-0.1, -0.05) is 74.6 Å². The van der Waals surface area contributed by atoms with E-state index in [9.17, 15) is 4.79 Å². The summed E-state index contributed by atoms with van der Waals surface area (Å²) in [5, 5.41) is 3.55. The van der Waals surface area contributed by atoms with Crippen molar-refractivity contribution in [3.05, 3.63) is 90.0 Å². The van der Waals surface area contributed by atoms with Crippen molar-refractivity contribution in [3.8, 4) is 27.4 Å². The van der Waals surface area contributed by atoms with E-state index >= 15 is 0 Å². The van der Waals surface area contributed by atoms with Gasteiger partial charge in [0.25, 0.3) is 5.91 Å². The first-order valence-corrected chi connectivity index (χ1v) is 11.3. The molecule has 0 spiro atoms. The predicted octanol–water partition coefficient (Wildman–Crippen LogP) is 7.04. The molecule has 3 aromatic carbocycles. The molecule has 1 amide bonds. The molecule has 1 heterocycles. The van der Waals surface area contributed by atoms with Crippen molar-refractivity contribution in [3.63, 3.8) is 0 Å². The van der Waals surface area contributed by atoms with Crippen LogP contribution in [0.5, 0.6) is 5.75 Å². The Labute approximate surface area is 192 Å². The number of rotatable bonds is 5. The Kier molecular flexibility index (Phi) is 6.10. The average Bonchev–Trinajstić information content (AvgIpc) is 3.23. The summed E-state index contributed by atoms with van der Waals surface area (Å²) in [6, 6.07) is 25.6. The lowest BCUT2D eigenvalue weighted by atomic mass is 9.87. The molecule has 0 aliphatic heterocycles. The maximum absolute atomic E-state index is 12.9. The van der Waals surface area contributed by atoms with E-state index in [2.05, 4.69) is 38.2 Å². The fourth-order valence-corrected chi connectivity index (χ4v) is 4.38. The number of carbonyl (C=O) groups excluding carboxylic acids is 1. The van der Waals surface area contributed by atoms with Crippen molar-refractivity contribution in [2.45, 2.75) is 26.2 Å². The highest BCUT2D eigenvalue weighted by molar-refractivity contribution is 7.19. The summed E-state index contributed by atoms with van der Waals surface area (Å²) in [5.74, 6) is 0.623. The van der Waals surface area contributed by atoms with Crippen molar-refractivity contribution in [1.82, 2.24) is 4.98 Å². The zero-order valence-electron chi connectivity index (χ0n) is 18.7. The molecule has 4 aromatic rings. The number of amides is 1. The molecule has 0 radical (unpaired) electrons.